The van der Waals surface area contributed by atoms with Gasteiger partial charge in [0.15, 0.2) is 5.96 Å². The maximum Gasteiger partial charge on any atom is 0.401 e. The average Bonchev–Trinajstić information content (AvgIpc) is 2.57. The van der Waals surface area contributed by atoms with Gasteiger partial charge in [-0.15, -0.1) is 24.0 Å². The molecule has 0 aliphatic heterocycles. The van der Waals surface area contributed by atoms with Crippen LogP contribution in [0.15, 0.2) is 23.2 Å². The minimum absolute atomic E-state index is 0. The normalized spacial score (nSPS) is 11.8. The molecule has 0 atom stereocenters. The summed E-state index contributed by atoms with van der Waals surface area (Å²) in [4.78, 5) is 5.66. The molecule has 0 radical (unpaired) electrons. The van der Waals surface area contributed by atoms with E-state index < -0.39 is 12.7 Å². The lowest BCUT2D eigenvalue weighted by molar-refractivity contribution is -0.142. The second kappa shape index (κ2) is 12.9. The third kappa shape index (κ3) is 10.5. The first kappa shape index (κ1) is 25.6. The Balaban J connectivity index is 0.00000676. The van der Waals surface area contributed by atoms with Gasteiger partial charge in [0.25, 0.3) is 0 Å². The lowest BCUT2D eigenvalue weighted by Gasteiger charge is -2.19. The lowest BCUT2D eigenvalue weighted by atomic mass is 10.2. The summed E-state index contributed by atoms with van der Waals surface area (Å²) in [6.07, 6.45) is -4.20. The molecular formula is C17H28F3IN4O2. The van der Waals surface area contributed by atoms with Crippen LogP contribution in [0.1, 0.15) is 12.5 Å². The van der Waals surface area contributed by atoms with E-state index >= 15 is 0 Å². The summed E-state index contributed by atoms with van der Waals surface area (Å²) in [6.45, 7) is 2.57. The zero-order valence-corrected chi connectivity index (χ0v) is 18.4. The first-order valence-electron chi connectivity index (χ1n) is 8.27. The van der Waals surface area contributed by atoms with E-state index in [1.165, 1.54) is 11.9 Å². The Kier molecular flexibility index (Phi) is 12.2. The van der Waals surface area contributed by atoms with Gasteiger partial charge in [-0.3, -0.25) is 4.90 Å². The molecule has 6 nitrogen and oxygen atoms in total. The van der Waals surface area contributed by atoms with Gasteiger partial charge in [-0.2, -0.15) is 13.2 Å². The number of benzene rings is 1. The molecule has 0 amide bonds. The largest absolute Gasteiger partial charge is 0.497 e. The quantitative estimate of drug-likeness (QED) is 0.308. The van der Waals surface area contributed by atoms with Crippen molar-refractivity contribution >= 4 is 29.9 Å². The molecule has 27 heavy (non-hydrogen) atoms. The smallest absolute Gasteiger partial charge is 0.401 e. The van der Waals surface area contributed by atoms with Gasteiger partial charge in [0, 0.05) is 31.3 Å². The average molecular weight is 504 g/mol. The van der Waals surface area contributed by atoms with E-state index in [1.807, 2.05) is 19.1 Å². The van der Waals surface area contributed by atoms with Crippen LogP contribution in [0.2, 0.25) is 0 Å². The highest BCUT2D eigenvalue weighted by Gasteiger charge is 2.28. The fraction of sp³-hybridized carbons (Fsp3) is 0.588. The number of methoxy groups -OCH3 is 2. The van der Waals surface area contributed by atoms with Gasteiger partial charge in [-0.1, -0.05) is 0 Å². The maximum atomic E-state index is 12.3. The second-order valence-electron chi connectivity index (χ2n) is 5.65. The summed E-state index contributed by atoms with van der Waals surface area (Å²) >= 11 is 0. The highest BCUT2D eigenvalue weighted by atomic mass is 127. The summed E-state index contributed by atoms with van der Waals surface area (Å²) in [5.41, 5.74) is 0.875. The summed E-state index contributed by atoms with van der Waals surface area (Å²) in [5, 5.41) is 6.10. The van der Waals surface area contributed by atoms with Crippen molar-refractivity contribution in [1.82, 2.24) is 15.5 Å². The van der Waals surface area contributed by atoms with E-state index in [1.54, 1.807) is 20.3 Å². The molecule has 0 heterocycles. The van der Waals surface area contributed by atoms with Crippen molar-refractivity contribution in [2.45, 2.75) is 19.6 Å². The summed E-state index contributed by atoms with van der Waals surface area (Å²) in [5.74, 6) is 1.88. The highest BCUT2D eigenvalue weighted by molar-refractivity contribution is 14.0. The van der Waals surface area contributed by atoms with Gasteiger partial charge in [0.2, 0.25) is 0 Å². The van der Waals surface area contributed by atoms with Crippen molar-refractivity contribution < 1.29 is 22.6 Å². The van der Waals surface area contributed by atoms with Gasteiger partial charge < -0.3 is 20.1 Å². The van der Waals surface area contributed by atoms with Crippen LogP contribution in [-0.4, -0.2) is 64.5 Å². The molecule has 0 saturated carbocycles. The van der Waals surface area contributed by atoms with Crippen LogP contribution in [0.3, 0.4) is 0 Å². The molecule has 10 heteroatoms. The number of nitrogens with one attached hydrogen (secondary N) is 2. The predicted molar refractivity (Wildman–Crippen MR) is 111 cm³/mol. The van der Waals surface area contributed by atoms with Crippen LogP contribution in [0.5, 0.6) is 11.5 Å². The van der Waals surface area contributed by atoms with Crippen molar-refractivity contribution in [3.05, 3.63) is 23.8 Å². The van der Waals surface area contributed by atoms with E-state index in [2.05, 4.69) is 15.6 Å². The number of nitrogens with zero attached hydrogens (tertiary/aromatic N) is 2. The van der Waals surface area contributed by atoms with Gasteiger partial charge in [0.1, 0.15) is 11.5 Å². The van der Waals surface area contributed by atoms with E-state index in [4.69, 9.17) is 9.47 Å². The molecule has 2 N–H and O–H groups in total. The number of rotatable bonds is 9. The van der Waals surface area contributed by atoms with E-state index in [9.17, 15) is 13.2 Å². The number of likely N-dealkylation sites (N-methyl/N-ethyl adjacent to an activating group) is 1. The second-order valence-corrected chi connectivity index (χ2v) is 5.65. The summed E-state index contributed by atoms with van der Waals surface area (Å²) in [6, 6.07) is 5.46. The standard InChI is InChI=1S/C17H27F3N4O2.HI/c1-5-21-16(22-8-9-24(2)12-17(18,19)20)23-11-13-6-7-14(25-3)10-15(13)26-4;/h6-7,10H,5,8-9,11-12H2,1-4H3,(H2,21,22,23);1H. The number of guanidine groups is 1. The molecule has 1 aromatic rings. The maximum absolute atomic E-state index is 12.3. The fourth-order valence-electron chi connectivity index (χ4n) is 2.24. The van der Waals surface area contributed by atoms with Crippen LogP contribution in [0.25, 0.3) is 0 Å². The van der Waals surface area contributed by atoms with Crippen molar-refractivity contribution in [1.29, 1.82) is 0 Å². The molecule has 0 bridgehead atoms. The fourth-order valence-corrected chi connectivity index (χ4v) is 2.24. The first-order valence-corrected chi connectivity index (χ1v) is 8.27. The Hall–Kier alpha value is -1.43. The summed E-state index contributed by atoms with van der Waals surface area (Å²) < 4.78 is 47.5. The number of ether oxygens (including phenoxy) is 2. The van der Waals surface area contributed by atoms with Crippen molar-refractivity contribution in [3.8, 4) is 11.5 Å². The summed E-state index contributed by atoms with van der Waals surface area (Å²) in [7, 11) is 4.58. The SMILES string of the molecule is CCNC(=NCc1ccc(OC)cc1OC)NCCN(C)CC(F)(F)F.I. The van der Waals surface area contributed by atoms with E-state index in [0.717, 1.165) is 5.56 Å². The molecule has 0 unspecified atom stereocenters. The molecule has 156 valence electrons. The third-order valence-corrected chi connectivity index (χ3v) is 3.48. The molecule has 0 aliphatic carbocycles. The minimum Gasteiger partial charge on any atom is -0.497 e. The molecule has 0 fully saturated rings. The topological polar surface area (TPSA) is 58.1 Å². The molecule has 1 rings (SSSR count). The van der Waals surface area contributed by atoms with Crippen molar-refractivity contribution in [2.75, 3.05) is 47.4 Å². The van der Waals surface area contributed by atoms with Crippen molar-refractivity contribution in [3.63, 3.8) is 0 Å². The van der Waals surface area contributed by atoms with Crippen LogP contribution >= 0.6 is 24.0 Å². The van der Waals surface area contributed by atoms with Gasteiger partial charge in [-0.05, 0) is 26.1 Å². The lowest BCUT2D eigenvalue weighted by Crippen LogP contribution is -2.42. The molecule has 0 saturated heterocycles. The Labute approximate surface area is 175 Å². The number of alkyl halides is 3. The van der Waals surface area contributed by atoms with E-state index in [-0.39, 0.29) is 30.5 Å². The zero-order valence-electron chi connectivity index (χ0n) is 16.0. The van der Waals surface area contributed by atoms with Crippen LogP contribution in [0.4, 0.5) is 13.2 Å². The van der Waals surface area contributed by atoms with Gasteiger partial charge in [-0.25, -0.2) is 4.99 Å². The third-order valence-electron chi connectivity index (χ3n) is 3.48. The molecule has 0 aromatic heterocycles. The Morgan fingerprint density at radius 1 is 1.19 bits per heavy atom. The Morgan fingerprint density at radius 3 is 2.44 bits per heavy atom. The zero-order chi connectivity index (χ0) is 19.6. The predicted octanol–water partition coefficient (Wildman–Crippen LogP) is 2.87. The van der Waals surface area contributed by atoms with Crippen LogP contribution < -0.4 is 20.1 Å². The van der Waals surface area contributed by atoms with E-state index in [0.29, 0.717) is 37.1 Å². The van der Waals surface area contributed by atoms with Gasteiger partial charge in [0.05, 0.1) is 27.3 Å². The Morgan fingerprint density at radius 2 is 1.89 bits per heavy atom. The first-order chi connectivity index (χ1) is 12.3. The molecule has 0 spiro atoms. The van der Waals surface area contributed by atoms with Crippen molar-refractivity contribution in [2.24, 2.45) is 4.99 Å². The van der Waals surface area contributed by atoms with Crippen LogP contribution in [0, 0.1) is 0 Å². The monoisotopic (exact) mass is 504 g/mol. The number of halogens is 4. The molecule has 0 aliphatic rings. The minimum atomic E-state index is -4.20. The number of aliphatic imine (C=N–C) groups is 1. The van der Waals surface area contributed by atoms with Crippen LogP contribution in [-0.2, 0) is 6.54 Å². The molecular weight excluding hydrogens is 476 g/mol. The number of hydrogen-bond acceptors (Lipinski definition) is 4. The Bertz CT molecular complexity index is 586. The molecule has 1 aromatic carbocycles. The van der Waals surface area contributed by atoms with Gasteiger partial charge >= 0.3 is 6.18 Å². The highest BCUT2D eigenvalue weighted by Crippen LogP contribution is 2.25. The number of hydrogen-bond donors (Lipinski definition) is 2.